The number of urea groups is 1. The molecular weight excluding hydrogens is 370 g/mol. The SMILES string of the molecule is COc1ccc(NC(=O)N2CCN(c3ccc(-n4ccc(C)n4)nn3)CC2)cc1. The van der Waals surface area contributed by atoms with E-state index in [1.54, 1.807) is 16.7 Å². The highest BCUT2D eigenvalue weighted by atomic mass is 16.5. The molecule has 0 saturated carbocycles. The number of carbonyl (C=O) groups is 1. The summed E-state index contributed by atoms with van der Waals surface area (Å²) in [4.78, 5) is 16.4. The van der Waals surface area contributed by atoms with Crippen molar-refractivity contribution in [1.82, 2.24) is 24.9 Å². The Kier molecular flexibility index (Phi) is 5.28. The van der Waals surface area contributed by atoms with Crippen LogP contribution in [-0.2, 0) is 0 Å². The Morgan fingerprint density at radius 3 is 2.24 bits per heavy atom. The fourth-order valence-electron chi connectivity index (χ4n) is 3.17. The second-order valence-corrected chi connectivity index (χ2v) is 6.78. The number of aryl methyl sites for hydroxylation is 1. The second kappa shape index (κ2) is 8.17. The first-order chi connectivity index (χ1) is 14.1. The monoisotopic (exact) mass is 393 g/mol. The minimum atomic E-state index is -0.106. The first-order valence-electron chi connectivity index (χ1n) is 9.44. The maximum atomic E-state index is 12.5. The van der Waals surface area contributed by atoms with Crippen molar-refractivity contribution < 1.29 is 9.53 Å². The molecule has 150 valence electrons. The van der Waals surface area contributed by atoms with Gasteiger partial charge >= 0.3 is 6.03 Å². The van der Waals surface area contributed by atoms with Crippen LogP contribution in [0.1, 0.15) is 5.69 Å². The molecule has 2 amide bonds. The molecule has 0 spiro atoms. The van der Waals surface area contributed by atoms with Gasteiger partial charge in [-0.3, -0.25) is 0 Å². The molecule has 0 unspecified atom stereocenters. The molecule has 3 heterocycles. The molecule has 1 aliphatic rings. The zero-order chi connectivity index (χ0) is 20.2. The van der Waals surface area contributed by atoms with E-state index in [-0.39, 0.29) is 6.03 Å². The van der Waals surface area contributed by atoms with Gasteiger partial charge in [-0.1, -0.05) is 0 Å². The average molecular weight is 393 g/mol. The van der Waals surface area contributed by atoms with Crippen LogP contribution in [-0.4, -0.2) is 64.2 Å². The highest BCUT2D eigenvalue weighted by Crippen LogP contribution is 2.17. The summed E-state index contributed by atoms with van der Waals surface area (Å²) >= 11 is 0. The fraction of sp³-hybridized carbons (Fsp3) is 0.300. The van der Waals surface area contributed by atoms with Gasteiger partial charge in [0, 0.05) is 38.1 Å². The van der Waals surface area contributed by atoms with E-state index in [9.17, 15) is 4.79 Å². The number of aromatic nitrogens is 4. The lowest BCUT2D eigenvalue weighted by atomic mass is 10.3. The molecule has 1 fully saturated rings. The van der Waals surface area contributed by atoms with Gasteiger partial charge in [-0.05, 0) is 49.4 Å². The van der Waals surface area contributed by atoms with Crippen LogP contribution in [0.15, 0.2) is 48.7 Å². The first-order valence-corrected chi connectivity index (χ1v) is 9.44. The van der Waals surface area contributed by atoms with Gasteiger partial charge in [0.05, 0.1) is 12.8 Å². The van der Waals surface area contributed by atoms with Gasteiger partial charge < -0.3 is 19.9 Å². The average Bonchev–Trinajstić information content (AvgIpc) is 3.21. The number of amides is 2. The van der Waals surface area contributed by atoms with Crippen LogP contribution in [0.5, 0.6) is 5.75 Å². The molecule has 0 bridgehead atoms. The number of anilines is 2. The van der Waals surface area contributed by atoms with Gasteiger partial charge in [0.2, 0.25) is 0 Å². The molecule has 1 aliphatic heterocycles. The van der Waals surface area contributed by atoms with E-state index in [0.29, 0.717) is 32.0 Å². The Labute approximate surface area is 168 Å². The third-order valence-electron chi connectivity index (χ3n) is 4.83. The molecular formula is C20H23N7O2. The lowest BCUT2D eigenvalue weighted by molar-refractivity contribution is 0.208. The molecule has 29 heavy (non-hydrogen) atoms. The predicted octanol–water partition coefficient (Wildman–Crippen LogP) is 2.33. The third-order valence-corrected chi connectivity index (χ3v) is 4.83. The zero-order valence-electron chi connectivity index (χ0n) is 16.4. The van der Waals surface area contributed by atoms with Gasteiger partial charge in [-0.15, -0.1) is 10.2 Å². The van der Waals surface area contributed by atoms with Crippen LogP contribution >= 0.6 is 0 Å². The molecule has 0 radical (unpaired) electrons. The summed E-state index contributed by atoms with van der Waals surface area (Å²) in [6.45, 7) is 4.56. The van der Waals surface area contributed by atoms with Crippen molar-refractivity contribution in [3.05, 3.63) is 54.4 Å². The van der Waals surface area contributed by atoms with Crippen molar-refractivity contribution in [3.63, 3.8) is 0 Å². The van der Waals surface area contributed by atoms with Crippen LogP contribution in [0.3, 0.4) is 0 Å². The van der Waals surface area contributed by atoms with E-state index >= 15 is 0 Å². The largest absolute Gasteiger partial charge is 0.497 e. The lowest BCUT2D eigenvalue weighted by Crippen LogP contribution is -2.50. The maximum Gasteiger partial charge on any atom is 0.321 e. The van der Waals surface area contributed by atoms with Crippen molar-refractivity contribution >= 4 is 17.5 Å². The summed E-state index contributed by atoms with van der Waals surface area (Å²) in [5.41, 5.74) is 1.67. The number of methoxy groups -OCH3 is 1. The zero-order valence-corrected chi connectivity index (χ0v) is 16.4. The smallest absolute Gasteiger partial charge is 0.321 e. The Bertz CT molecular complexity index is 961. The van der Waals surface area contributed by atoms with E-state index in [1.807, 2.05) is 55.6 Å². The molecule has 1 saturated heterocycles. The summed E-state index contributed by atoms with van der Waals surface area (Å²) in [5, 5.41) is 15.9. The number of carbonyl (C=O) groups excluding carboxylic acids is 1. The summed E-state index contributed by atoms with van der Waals surface area (Å²) in [6, 6.07) is 12.9. The molecule has 9 nitrogen and oxygen atoms in total. The standard InChI is InChI=1S/C20H23N7O2/c1-15-9-10-27(24-15)19-8-7-18(22-23-19)25-11-13-26(14-12-25)20(28)21-16-3-5-17(29-2)6-4-16/h3-10H,11-14H2,1-2H3,(H,21,28). The number of ether oxygens (including phenoxy) is 1. The molecule has 1 N–H and O–H groups in total. The highest BCUT2D eigenvalue weighted by Gasteiger charge is 2.22. The number of nitrogens with zero attached hydrogens (tertiary/aromatic N) is 6. The number of hydrogen-bond acceptors (Lipinski definition) is 6. The molecule has 0 aliphatic carbocycles. The van der Waals surface area contributed by atoms with Crippen LogP contribution in [0, 0.1) is 6.92 Å². The normalized spacial score (nSPS) is 14.0. The number of rotatable bonds is 4. The Hall–Kier alpha value is -3.62. The maximum absolute atomic E-state index is 12.5. The predicted molar refractivity (Wildman–Crippen MR) is 110 cm³/mol. The van der Waals surface area contributed by atoms with Gasteiger partial charge in [0.15, 0.2) is 11.6 Å². The van der Waals surface area contributed by atoms with Crippen molar-refractivity contribution in [2.45, 2.75) is 6.92 Å². The molecule has 3 aromatic rings. The topological polar surface area (TPSA) is 88.4 Å². The van der Waals surface area contributed by atoms with Crippen LogP contribution in [0.25, 0.3) is 5.82 Å². The van der Waals surface area contributed by atoms with Crippen molar-refractivity contribution in [2.75, 3.05) is 43.5 Å². The molecule has 1 aromatic carbocycles. The fourth-order valence-corrected chi connectivity index (χ4v) is 3.17. The van der Waals surface area contributed by atoms with Gasteiger partial charge in [-0.25, -0.2) is 9.48 Å². The number of benzene rings is 1. The quantitative estimate of drug-likeness (QED) is 0.732. The summed E-state index contributed by atoms with van der Waals surface area (Å²) in [5.74, 6) is 2.23. The number of hydrogen-bond donors (Lipinski definition) is 1. The van der Waals surface area contributed by atoms with E-state index in [4.69, 9.17) is 4.74 Å². The minimum Gasteiger partial charge on any atom is -0.497 e. The Morgan fingerprint density at radius 1 is 0.966 bits per heavy atom. The first kappa shape index (κ1) is 18.7. The van der Waals surface area contributed by atoms with Crippen LogP contribution < -0.4 is 15.0 Å². The van der Waals surface area contributed by atoms with E-state index in [0.717, 1.165) is 22.9 Å². The summed E-state index contributed by atoms with van der Waals surface area (Å²) < 4.78 is 6.84. The Morgan fingerprint density at radius 2 is 1.66 bits per heavy atom. The van der Waals surface area contributed by atoms with Crippen LogP contribution in [0.4, 0.5) is 16.3 Å². The third kappa shape index (κ3) is 4.29. The van der Waals surface area contributed by atoms with Gasteiger partial charge in [-0.2, -0.15) is 5.10 Å². The van der Waals surface area contributed by atoms with Crippen molar-refractivity contribution in [1.29, 1.82) is 0 Å². The molecule has 0 atom stereocenters. The lowest BCUT2D eigenvalue weighted by Gasteiger charge is -2.35. The van der Waals surface area contributed by atoms with Gasteiger partial charge in [0.1, 0.15) is 5.75 Å². The summed E-state index contributed by atoms with van der Waals surface area (Å²) in [7, 11) is 1.61. The highest BCUT2D eigenvalue weighted by molar-refractivity contribution is 5.89. The van der Waals surface area contributed by atoms with E-state index in [1.165, 1.54) is 0 Å². The number of piperazine rings is 1. The molecule has 2 aromatic heterocycles. The van der Waals surface area contributed by atoms with E-state index in [2.05, 4.69) is 25.5 Å². The van der Waals surface area contributed by atoms with Crippen LogP contribution in [0.2, 0.25) is 0 Å². The second-order valence-electron chi connectivity index (χ2n) is 6.78. The molecule has 4 rings (SSSR count). The van der Waals surface area contributed by atoms with Crippen molar-refractivity contribution in [2.24, 2.45) is 0 Å². The minimum absolute atomic E-state index is 0.106. The van der Waals surface area contributed by atoms with E-state index < -0.39 is 0 Å². The number of nitrogens with one attached hydrogen (secondary N) is 1. The summed E-state index contributed by atoms with van der Waals surface area (Å²) in [6.07, 6.45) is 1.86. The molecule has 9 heteroatoms. The Balaban J connectivity index is 1.32. The van der Waals surface area contributed by atoms with Gasteiger partial charge in [0.25, 0.3) is 0 Å². The van der Waals surface area contributed by atoms with Crippen molar-refractivity contribution in [3.8, 4) is 11.6 Å².